The van der Waals surface area contributed by atoms with E-state index in [1.165, 1.54) is 18.2 Å². The number of aromatic nitrogens is 1. The highest BCUT2D eigenvalue weighted by Gasteiger charge is 2.31. The van der Waals surface area contributed by atoms with Gasteiger partial charge in [-0.3, -0.25) is 4.79 Å². The van der Waals surface area contributed by atoms with Crippen molar-refractivity contribution >= 4 is 6.29 Å². The summed E-state index contributed by atoms with van der Waals surface area (Å²) in [5, 5.41) is 0. The molecule has 0 saturated heterocycles. The molecule has 0 spiro atoms. The summed E-state index contributed by atoms with van der Waals surface area (Å²) in [6.07, 6.45) is -4.57. The highest BCUT2D eigenvalue weighted by atomic mass is 19.4. The fourth-order valence-corrected chi connectivity index (χ4v) is 1.55. The maximum Gasteiger partial charge on any atom is 0.573 e. The lowest BCUT2D eigenvalue weighted by atomic mass is 10.1. The molecule has 104 valence electrons. The van der Waals surface area contributed by atoms with Crippen molar-refractivity contribution in [2.45, 2.75) is 6.36 Å². The number of alkyl halides is 3. The summed E-state index contributed by atoms with van der Waals surface area (Å²) in [5.74, 6) is -1.22. The number of hydrogen-bond acceptors (Lipinski definition) is 3. The van der Waals surface area contributed by atoms with Gasteiger partial charge in [0.25, 0.3) is 0 Å². The predicted octanol–water partition coefficient (Wildman–Crippen LogP) is 3.60. The van der Waals surface area contributed by atoms with Crippen molar-refractivity contribution in [3.05, 3.63) is 47.9 Å². The molecular weight excluding hydrogens is 278 g/mol. The van der Waals surface area contributed by atoms with Crippen LogP contribution in [0.25, 0.3) is 11.3 Å². The molecule has 0 N–H and O–H groups in total. The summed E-state index contributed by atoms with van der Waals surface area (Å²) in [5.41, 5.74) is 0.0283. The Morgan fingerprint density at radius 3 is 2.55 bits per heavy atom. The van der Waals surface area contributed by atoms with Crippen LogP contribution in [0.4, 0.5) is 17.6 Å². The fraction of sp³-hybridized carbons (Fsp3) is 0.0769. The summed E-state index contributed by atoms with van der Waals surface area (Å²) >= 11 is 0. The van der Waals surface area contributed by atoms with Gasteiger partial charge >= 0.3 is 6.36 Å². The number of aldehydes is 1. The van der Waals surface area contributed by atoms with Crippen molar-refractivity contribution in [1.82, 2.24) is 4.98 Å². The number of halogens is 4. The number of hydrogen-bond donors (Lipinski definition) is 0. The smallest absolute Gasteiger partial charge is 0.406 e. The molecule has 2 aromatic rings. The average Bonchev–Trinajstić information content (AvgIpc) is 2.37. The molecule has 0 fully saturated rings. The molecule has 0 aliphatic carbocycles. The molecular formula is C13H7F4NO2. The monoisotopic (exact) mass is 285 g/mol. The second kappa shape index (κ2) is 5.28. The third-order valence-electron chi connectivity index (χ3n) is 2.35. The number of pyridine rings is 1. The largest absolute Gasteiger partial charge is 0.573 e. The number of rotatable bonds is 3. The fourth-order valence-electron chi connectivity index (χ4n) is 1.55. The Morgan fingerprint density at radius 2 is 1.90 bits per heavy atom. The SMILES string of the molecule is O=Cc1nc(-c2cccc(OC(F)(F)F)c2)ccc1F. The predicted molar refractivity (Wildman–Crippen MR) is 61.7 cm³/mol. The molecule has 3 nitrogen and oxygen atoms in total. The number of carbonyl (C=O) groups is 1. The summed E-state index contributed by atoms with van der Waals surface area (Å²) in [6, 6.07) is 7.31. The van der Waals surface area contributed by atoms with E-state index < -0.39 is 23.6 Å². The first kappa shape index (κ1) is 14.0. The van der Waals surface area contributed by atoms with E-state index in [2.05, 4.69) is 9.72 Å². The summed E-state index contributed by atoms with van der Waals surface area (Å²) in [4.78, 5) is 14.3. The lowest BCUT2D eigenvalue weighted by Gasteiger charge is -2.10. The van der Waals surface area contributed by atoms with Crippen molar-refractivity contribution in [3.8, 4) is 17.0 Å². The Balaban J connectivity index is 2.38. The van der Waals surface area contributed by atoms with Gasteiger partial charge in [0.15, 0.2) is 12.1 Å². The van der Waals surface area contributed by atoms with E-state index in [4.69, 9.17) is 0 Å². The Morgan fingerprint density at radius 1 is 1.15 bits per heavy atom. The van der Waals surface area contributed by atoms with Crippen LogP contribution in [0, 0.1) is 5.82 Å². The highest BCUT2D eigenvalue weighted by molar-refractivity contribution is 5.74. The first-order valence-electron chi connectivity index (χ1n) is 5.37. The van der Waals surface area contributed by atoms with Gasteiger partial charge in [0.05, 0.1) is 5.69 Å². The minimum Gasteiger partial charge on any atom is -0.406 e. The number of nitrogens with zero attached hydrogens (tertiary/aromatic N) is 1. The maximum absolute atomic E-state index is 13.1. The molecule has 0 amide bonds. The zero-order valence-corrected chi connectivity index (χ0v) is 9.82. The Hall–Kier alpha value is -2.44. The van der Waals surface area contributed by atoms with E-state index in [0.717, 1.165) is 18.2 Å². The molecule has 1 heterocycles. The average molecular weight is 285 g/mol. The van der Waals surface area contributed by atoms with Gasteiger partial charge in [-0.15, -0.1) is 13.2 Å². The molecule has 7 heteroatoms. The molecule has 0 unspecified atom stereocenters. The normalized spacial score (nSPS) is 11.2. The molecule has 0 aliphatic rings. The minimum atomic E-state index is -4.80. The Labute approximate surface area is 110 Å². The zero-order valence-electron chi connectivity index (χ0n) is 9.82. The van der Waals surface area contributed by atoms with Crippen LogP contribution in [0.15, 0.2) is 36.4 Å². The molecule has 0 aliphatic heterocycles. The van der Waals surface area contributed by atoms with Crippen LogP contribution in [0.1, 0.15) is 10.5 Å². The molecule has 1 aromatic heterocycles. The van der Waals surface area contributed by atoms with E-state index in [0.29, 0.717) is 0 Å². The third kappa shape index (κ3) is 3.31. The van der Waals surface area contributed by atoms with Crippen molar-refractivity contribution in [3.63, 3.8) is 0 Å². The van der Waals surface area contributed by atoms with Crippen LogP contribution in [0.3, 0.4) is 0 Å². The molecule has 0 atom stereocenters. The topological polar surface area (TPSA) is 39.2 Å². The third-order valence-corrected chi connectivity index (χ3v) is 2.35. The van der Waals surface area contributed by atoms with E-state index >= 15 is 0 Å². The summed E-state index contributed by atoms with van der Waals surface area (Å²) in [7, 11) is 0. The van der Waals surface area contributed by atoms with Crippen LogP contribution in [0.5, 0.6) is 5.75 Å². The molecule has 0 saturated carbocycles. The maximum atomic E-state index is 13.1. The van der Waals surface area contributed by atoms with Gasteiger partial charge in [0, 0.05) is 5.56 Å². The Kier molecular flexibility index (Phi) is 3.69. The van der Waals surface area contributed by atoms with E-state index in [1.54, 1.807) is 0 Å². The Bertz CT molecular complexity index is 641. The quantitative estimate of drug-likeness (QED) is 0.639. The molecule has 0 bridgehead atoms. The lowest BCUT2D eigenvalue weighted by Crippen LogP contribution is -2.17. The number of carbonyl (C=O) groups excluding carboxylic acids is 1. The standard InChI is InChI=1S/C13H7F4NO2/c14-10-4-5-11(18-12(10)7-19)8-2-1-3-9(6-8)20-13(15,16)17/h1-7H. The molecule has 2 rings (SSSR count). The number of benzene rings is 1. The van der Waals surface area contributed by atoms with Gasteiger partial charge in [-0.25, -0.2) is 9.37 Å². The van der Waals surface area contributed by atoms with Crippen LogP contribution >= 0.6 is 0 Å². The molecule has 0 radical (unpaired) electrons. The molecule has 20 heavy (non-hydrogen) atoms. The van der Waals surface area contributed by atoms with E-state index in [-0.39, 0.29) is 17.5 Å². The highest BCUT2D eigenvalue weighted by Crippen LogP contribution is 2.27. The lowest BCUT2D eigenvalue weighted by molar-refractivity contribution is -0.274. The first-order chi connectivity index (χ1) is 9.39. The van der Waals surface area contributed by atoms with Crippen molar-refractivity contribution < 1.29 is 27.1 Å². The van der Waals surface area contributed by atoms with Crippen LogP contribution in [-0.2, 0) is 0 Å². The minimum absolute atomic E-state index is 0.168. The van der Waals surface area contributed by atoms with E-state index in [9.17, 15) is 22.4 Å². The first-order valence-corrected chi connectivity index (χ1v) is 5.37. The zero-order chi connectivity index (χ0) is 14.8. The second-order valence-corrected chi connectivity index (χ2v) is 3.76. The van der Waals surface area contributed by atoms with Gasteiger partial charge in [-0.1, -0.05) is 12.1 Å². The molecule has 1 aromatic carbocycles. The van der Waals surface area contributed by atoms with Crippen LogP contribution in [0.2, 0.25) is 0 Å². The van der Waals surface area contributed by atoms with Crippen molar-refractivity contribution in [1.29, 1.82) is 0 Å². The van der Waals surface area contributed by atoms with Gasteiger partial charge in [0.1, 0.15) is 11.4 Å². The van der Waals surface area contributed by atoms with Gasteiger partial charge in [0.2, 0.25) is 0 Å². The summed E-state index contributed by atoms with van der Waals surface area (Å²) < 4.78 is 53.2. The van der Waals surface area contributed by atoms with E-state index in [1.807, 2.05) is 0 Å². The second-order valence-electron chi connectivity index (χ2n) is 3.76. The summed E-state index contributed by atoms with van der Waals surface area (Å²) in [6.45, 7) is 0. The van der Waals surface area contributed by atoms with Gasteiger partial charge < -0.3 is 4.74 Å². The van der Waals surface area contributed by atoms with Gasteiger partial charge in [-0.2, -0.15) is 0 Å². The van der Waals surface area contributed by atoms with Gasteiger partial charge in [-0.05, 0) is 24.3 Å². The van der Waals surface area contributed by atoms with Crippen molar-refractivity contribution in [2.75, 3.05) is 0 Å². The van der Waals surface area contributed by atoms with Crippen molar-refractivity contribution in [2.24, 2.45) is 0 Å². The van der Waals surface area contributed by atoms with Crippen LogP contribution < -0.4 is 4.74 Å². The number of ether oxygens (including phenoxy) is 1. The van der Waals surface area contributed by atoms with Crippen LogP contribution in [-0.4, -0.2) is 17.6 Å².